The van der Waals surface area contributed by atoms with E-state index in [9.17, 15) is 4.79 Å². The van der Waals surface area contributed by atoms with E-state index < -0.39 is 6.09 Å². The normalized spacial score (nSPS) is 10.1. The second kappa shape index (κ2) is 5.94. The largest absolute Gasteiger partial charge is 0.463 e. The number of carboxylic acid groups (broad SMARTS) is 1. The van der Waals surface area contributed by atoms with E-state index >= 15 is 0 Å². The Kier molecular flexibility index (Phi) is 4.56. The minimum absolute atomic E-state index is 0.150. The van der Waals surface area contributed by atoms with E-state index in [0.717, 1.165) is 5.06 Å². The molecule has 0 spiro atoms. The number of benzene rings is 1. The summed E-state index contributed by atoms with van der Waals surface area (Å²) in [6, 6.07) is 6.43. The molecule has 0 aliphatic heterocycles. The Hall–Kier alpha value is -1.79. The second-order valence-corrected chi connectivity index (χ2v) is 3.00. The molecular formula is C10H14N2O4. The van der Waals surface area contributed by atoms with Gasteiger partial charge in [-0.2, -0.15) is 5.06 Å². The van der Waals surface area contributed by atoms with Crippen LogP contribution < -0.4 is 10.8 Å². The fourth-order valence-electron chi connectivity index (χ4n) is 1.10. The lowest BCUT2D eigenvalue weighted by molar-refractivity contribution is 0.0538. The molecule has 6 nitrogen and oxygen atoms in total. The molecule has 16 heavy (non-hydrogen) atoms. The van der Waals surface area contributed by atoms with Crippen LogP contribution in [0, 0.1) is 0 Å². The van der Waals surface area contributed by atoms with Crippen LogP contribution in [0.1, 0.15) is 0 Å². The number of amides is 1. The SMILES string of the molecule is COCCON(C(=O)O)c1cccc(N)c1. The molecule has 1 amide bonds. The highest BCUT2D eigenvalue weighted by Crippen LogP contribution is 2.17. The van der Waals surface area contributed by atoms with Crippen molar-refractivity contribution >= 4 is 17.5 Å². The molecule has 0 saturated carbocycles. The van der Waals surface area contributed by atoms with Crippen LogP contribution in [-0.2, 0) is 9.57 Å². The van der Waals surface area contributed by atoms with E-state index in [0.29, 0.717) is 18.0 Å². The lowest BCUT2D eigenvalue weighted by Gasteiger charge is -2.18. The Morgan fingerprint density at radius 1 is 1.50 bits per heavy atom. The third kappa shape index (κ3) is 3.41. The van der Waals surface area contributed by atoms with Crippen molar-refractivity contribution in [1.29, 1.82) is 0 Å². The van der Waals surface area contributed by atoms with Crippen molar-refractivity contribution in [2.75, 3.05) is 31.1 Å². The zero-order valence-electron chi connectivity index (χ0n) is 8.92. The summed E-state index contributed by atoms with van der Waals surface area (Å²) < 4.78 is 4.76. The van der Waals surface area contributed by atoms with Gasteiger partial charge in [0.15, 0.2) is 0 Å². The minimum atomic E-state index is -1.21. The first-order chi connectivity index (χ1) is 7.65. The predicted molar refractivity (Wildman–Crippen MR) is 59.2 cm³/mol. The molecule has 0 bridgehead atoms. The van der Waals surface area contributed by atoms with E-state index in [4.69, 9.17) is 20.4 Å². The topological polar surface area (TPSA) is 85.0 Å². The van der Waals surface area contributed by atoms with Crippen LogP contribution in [0.15, 0.2) is 24.3 Å². The molecule has 0 atom stereocenters. The number of nitrogens with two attached hydrogens (primary N) is 1. The van der Waals surface area contributed by atoms with Gasteiger partial charge in [0, 0.05) is 12.8 Å². The number of anilines is 2. The highest BCUT2D eigenvalue weighted by Gasteiger charge is 2.15. The Morgan fingerprint density at radius 2 is 2.25 bits per heavy atom. The van der Waals surface area contributed by atoms with Crippen molar-refractivity contribution in [2.24, 2.45) is 0 Å². The Morgan fingerprint density at radius 3 is 2.81 bits per heavy atom. The first-order valence-corrected chi connectivity index (χ1v) is 4.65. The van der Waals surface area contributed by atoms with Gasteiger partial charge in [0.1, 0.15) is 0 Å². The minimum Gasteiger partial charge on any atom is -0.463 e. The van der Waals surface area contributed by atoms with E-state index in [1.54, 1.807) is 18.2 Å². The van der Waals surface area contributed by atoms with Gasteiger partial charge in [-0.25, -0.2) is 4.79 Å². The van der Waals surface area contributed by atoms with Crippen LogP contribution >= 0.6 is 0 Å². The molecule has 1 rings (SSSR count). The number of ether oxygens (including phenoxy) is 1. The molecule has 0 unspecified atom stereocenters. The molecule has 6 heteroatoms. The van der Waals surface area contributed by atoms with E-state index in [1.165, 1.54) is 13.2 Å². The standard InChI is InChI=1S/C10H14N2O4/c1-15-5-6-16-12(10(13)14)9-4-2-3-8(11)7-9/h2-4,7H,5-6,11H2,1H3,(H,13,14). The highest BCUT2D eigenvalue weighted by molar-refractivity contribution is 5.84. The monoisotopic (exact) mass is 226 g/mol. The van der Waals surface area contributed by atoms with E-state index in [-0.39, 0.29) is 6.61 Å². The zero-order chi connectivity index (χ0) is 12.0. The molecule has 1 aromatic carbocycles. The number of hydroxylamine groups is 1. The Bertz CT molecular complexity index is 356. The van der Waals surface area contributed by atoms with Crippen LogP contribution in [0.2, 0.25) is 0 Å². The zero-order valence-corrected chi connectivity index (χ0v) is 8.92. The predicted octanol–water partition coefficient (Wildman–Crippen LogP) is 1.33. The number of hydrogen-bond acceptors (Lipinski definition) is 4. The van der Waals surface area contributed by atoms with Crippen molar-refractivity contribution in [3.05, 3.63) is 24.3 Å². The molecule has 88 valence electrons. The molecule has 0 saturated heterocycles. The van der Waals surface area contributed by atoms with Crippen LogP contribution in [-0.4, -0.2) is 31.5 Å². The van der Waals surface area contributed by atoms with E-state index in [2.05, 4.69) is 0 Å². The fourth-order valence-corrected chi connectivity index (χ4v) is 1.10. The van der Waals surface area contributed by atoms with Crippen LogP contribution in [0.3, 0.4) is 0 Å². The van der Waals surface area contributed by atoms with Crippen LogP contribution in [0.4, 0.5) is 16.2 Å². The van der Waals surface area contributed by atoms with E-state index in [1.807, 2.05) is 0 Å². The second-order valence-electron chi connectivity index (χ2n) is 3.00. The van der Waals surface area contributed by atoms with Crippen molar-refractivity contribution < 1.29 is 19.5 Å². The average Bonchev–Trinajstić information content (AvgIpc) is 2.24. The Balaban J connectivity index is 2.73. The van der Waals surface area contributed by atoms with Crippen molar-refractivity contribution in [2.45, 2.75) is 0 Å². The quantitative estimate of drug-likeness (QED) is 0.449. The summed E-state index contributed by atoms with van der Waals surface area (Å²) in [4.78, 5) is 16.0. The molecule has 1 aromatic rings. The summed E-state index contributed by atoms with van der Waals surface area (Å²) in [5.74, 6) is 0. The van der Waals surface area contributed by atoms with Crippen LogP contribution in [0.5, 0.6) is 0 Å². The van der Waals surface area contributed by atoms with Gasteiger partial charge in [-0.3, -0.25) is 4.84 Å². The number of carbonyl (C=O) groups is 1. The molecule has 3 N–H and O–H groups in total. The van der Waals surface area contributed by atoms with Crippen molar-refractivity contribution in [3.8, 4) is 0 Å². The number of hydrogen-bond donors (Lipinski definition) is 2. The maximum Gasteiger partial charge on any atom is 0.436 e. The number of methoxy groups -OCH3 is 1. The molecule has 0 aromatic heterocycles. The van der Waals surface area contributed by atoms with Gasteiger partial charge in [0.2, 0.25) is 0 Å². The molecule has 0 aliphatic rings. The summed E-state index contributed by atoms with van der Waals surface area (Å²) in [5.41, 5.74) is 6.39. The molecular weight excluding hydrogens is 212 g/mol. The molecule has 0 radical (unpaired) electrons. The summed E-state index contributed by atoms with van der Waals surface area (Å²) in [6.45, 7) is 0.462. The van der Waals surface area contributed by atoms with Crippen molar-refractivity contribution in [1.82, 2.24) is 0 Å². The molecule has 0 heterocycles. The lowest BCUT2D eigenvalue weighted by Crippen LogP contribution is -2.30. The third-order valence-electron chi connectivity index (χ3n) is 1.79. The average molecular weight is 226 g/mol. The van der Waals surface area contributed by atoms with Gasteiger partial charge in [-0.05, 0) is 18.2 Å². The first kappa shape index (κ1) is 12.3. The molecule has 0 aliphatic carbocycles. The summed E-state index contributed by atoms with van der Waals surface area (Å²) in [5, 5.41) is 9.70. The number of nitrogens with zero attached hydrogens (tertiary/aromatic N) is 1. The smallest absolute Gasteiger partial charge is 0.436 e. The first-order valence-electron chi connectivity index (χ1n) is 4.65. The number of nitrogen functional groups attached to an aromatic ring is 1. The highest BCUT2D eigenvalue weighted by atomic mass is 16.7. The number of rotatable bonds is 5. The van der Waals surface area contributed by atoms with Gasteiger partial charge < -0.3 is 15.6 Å². The summed E-state index contributed by atoms with van der Waals surface area (Å²) >= 11 is 0. The maximum atomic E-state index is 10.9. The fraction of sp³-hybridized carbons (Fsp3) is 0.300. The summed E-state index contributed by atoms with van der Waals surface area (Å²) in [6.07, 6.45) is -1.21. The maximum absolute atomic E-state index is 10.9. The third-order valence-corrected chi connectivity index (χ3v) is 1.79. The van der Waals surface area contributed by atoms with Gasteiger partial charge in [0.25, 0.3) is 0 Å². The van der Waals surface area contributed by atoms with Crippen molar-refractivity contribution in [3.63, 3.8) is 0 Å². The van der Waals surface area contributed by atoms with Gasteiger partial charge in [-0.15, -0.1) is 0 Å². The van der Waals surface area contributed by atoms with Gasteiger partial charge in [-0.1, -0.05) is 6.07 Å². The lowest BCUT2D eigenvalue weighted by atomic mass is 10.3. The van der Waals surface area contributed by atoms with Gasteiger partial charge >= 0.3 is 6.09 Å². The summed E-state index contributed by atoms with van der Waals surface area (Å²) in [7, 11) is 1.51. The Labute approximate surface area is 93.1 Å². The van der Waals surface area contributed by atoms with Gasteiger partial charge in [0.05, 0.1) is 18.9 Å². The van der Waals surface area contributed by atoms with Crippen LogP contribution in [0.25, 0.3) is 0 Å². The molecule has 0 fully saturated rings.